The Hall–Kier alpha value is -1.16. The van der Waals surface area contributed by atoms with E-state index in [0.29, 0.717) is 24.3 Å². The van der Waals surface area contributed by atoms with Gasteiger partial charge in [0.1, 0.15) is 0 Å². The maximum atomic E-state index is 11.9. The van der Waals surface area contributed by atoms with Gasteiger partial charge < -0.3 is 10.4 Å². The summed E-state index contributed by atoms with van der Waals surface area (Å²) < 4.78 is 11.2. The van der Waals surface area contributed by atoms with Gasteiger partial charge in [0.25, 0.3) is 5.91 Å². The van der Waals surface area contributed by atoms with E-state index in [2.05, 4.69) is 17.2 Å². The summed E-state index contributed by atoms with van der Waals surface area (Å²) in [5, 5.41) is 11.5. The Labute approximate surface area is 126 Å². The Bertz CT molecular complexity index is 528. The zero-order chi connectivity index (χ0) is 15.0. The lowest BCUT2D eigenvalue weighted by Crippen LogP contribution is -2.26. The summed E-state index contributed by atoms with van der Waals surface area (Å²) in [6.45, 7) is 2.47. The van der Waals surface area contributed by atoms with Crippen LogP contribution in [0.2, 0.25) is 0 Å². The number of carbonyl (C=O) groups excluding carboxylic acids is 1. The predicted octanol–water partition coefficient (Wildman–Crippen LogP) is 1.37. The lowest BCUT2D eigenvalue weighted by atomic mass is 10.3. The molecule has 1 aromatic heterocycles. The first-order chi connectivity index (χ1) is 9.54. The summed E-state index contributed by atoms with van der Waals surface area (Å²) in [5.41, 5.74) is 0. The first-order valence-corrected chi connectivity index (χ1v) is 8.78. The molecule has 110 valence electrons. The molecule has 2 unspecified atom stereocenters. The Morgan fingerprint density at radius 2 is 2.30 bits per heavy atom. The monoisotopic (exact) mass is 313 g/mol. The summed E-state index contributed by atoms with van der Waals surface area (Å²) in [6.07, 6.45) is 2.80. The number of aliphatic hydroxyl groups excluding tert-OH is 1. The van der Waals surface area contributed by atoms with Crippen LogP contribution >= 0.6 is 11.3 Å². The van der Waals surface area contributed by atoms with E-state index < -0.39 is 10.8 Å². The van der Waals surface area contributed by atoms with Gasteiger partial charge in [-0.15, -0.1) is 11.3 Å². The van der Waals surface area contributed by atoms with Gasteiger partial charge >= 0.3 is 0 Å². The van der Waals surface area contributed by atoms with Crippen molar-refractivity contribution in [3.05, 3.63) is 21.9 Å². The quantitative estimate of drug-likeness (QED) is 0.780. The third-order valence-electron chi connectivity index (χ3n) is 2.68. The van der Waals surface area contributed by atoms with Crippen molar-refractivity contribution in [1.82, 2.24) is 5.32 Å². The highest BCUT2D eigenvalue weighted by molar-refractivity contribution is 7.84. The second-order valence-electron chi connectivity index (χ2n) is 4.29. The number of hydrogen-bond acceptors (Lipinski definition) is 4. The van der Waals surface area contributed by atoms with Crippen molar-refractivity contribution >= 4 is 28.0 Å². The highest BCUT2D eigenvalue weighted by atomic mass is 32.2. The van der Waals surface area contributed by atoms with Gasteiger partial charge in [-0.3, -0.25) is 9.00 Å². The molecule has 6 heteroatoms. The summed E-state index contributed by atoms with van der Waals surface area (Å²) in [4.78, 5) is 13.3. The van der Waals surface area contributed by atoms with Gasteiger partial charge in [0.15, 0.2) is 0 Å². The van der Waals surface area contributed by atoms with E-state index in [4.69, 9.17) is 5.11 Å². The maximum Gasteiger partial charge on any atom is 0.261 e. The van der Waals surface area contributed by atoms with E-state index in [9.17, 15) is 9.00 Å². The molecule has 1 rings (SSSR count). The Balaban J connectivity index is 2.45. The van der Waals surface area contributed by atoms with E-state index in [1.54, 1.807) is 18.4 Å². The molecule has 0 spiro atoms. The molecule has 0 aliphatic heterocycles. The zero-order valence-electron chi connectivity index (χ0n) is 11.6. The molecule has 0 aromatic carbocycles. The molecule has 0 fully saturated rings. The van der Waals surface area contributed by atoms with Crippen LogP contribution in [0, 0.1) is 11.8 Å². The third kappa shape index (κ3) is 5.87. The van der Waals surface area contributed by atoms with Crippen LogP contribution in [0.1, 0.15) is 34.3 Å². The van der Waals surface area contributed by atoms with Gasteiger partial charge in [0.2, 0.25) is 0 Å². The number of carbonyl (C=O) groups is 1. The van der Waals surface area contributed by atoms with Gasteiger partial charge in [-0.2, -0.15) is 0 Å². The molecule has 0 bridgehead atoms. The fourth-order valence-electron chi connectivity index (χ4n) is 1.37. The van der Waals surface area contributed by atoms with Gasteiger partial charge in [0.05, 0.1) is 16.4 Å². The smallest absolute Gasteiger partial charge is 0.261 e. The Morgan fingerprint density at radius 3 is 2.95 bits per heavy atom. The number of rotatable bonds is 6. The van der Waals surface area contributed by atoms with Gasteiger partial charge in [-0.05, 0) is 18.6 Å². The molecule has 0 saturated carbocycles. The molecule has 0 aliphatic rings. The van der Waals surface area contributed by atoms with Crippen molar-refractivity contribution in [3.8, 4) is 11.8 Å². The molecule has 4 nitrogen and oxygen atoms in total. The van der Waals surface area contributed by atoms with Crippen molar-refractivity contribution in [1.29, 1.82) is 0 Å². The van der Waals surface area contributed by atoms with Crippen LogP contribution in [0.25, 0.3) is 0 Å². The molecule has 1 amide bonds. The summed E-state index contributed by atoms with van der Waals surface area (Å²) in [6, 6.07) is 3.54. The van der Waals surface area contributed by atoms with Crippen molar-refractivity contribution in [2.24, 2.45) is 0 Å². The van der Waals surface area contributed by atoms with E-state index in [0.717, 1.165) is 4.88 Å². The molecule has 0 aliphatic carbocycles. The van der Waals surface area contributed by atoms with Gasteiger partial charge in [-0.25, -0.2) is 0 Å². The van der Waals surface area contributed by atoms with Crippen LogP contribution in [0.5, 0.6) is 0 Å². The van der Waals surface area contributed by atoms with Crippen molar-refractivity contribution < 1.29 is 14.1 Å². The fourth-order valence-corrected chi connectivity index (χ4v) is 2.62. The van der Waals surface area contributed by atoms with Crippen LogP contribution in [0.3, 0.4) is 0 Å². The number of amides is 1. The fraction of sp³-hybridized carbons (Fsp3) is 0.500. The molecule has 0 saturated heterocycles. The van der Waals surface area contributed by atoms with E-state index >= 15 is 0 Å². The second kappa shape index (κ2) is 8.90. The molecular formula is C14H19NO3S2. The second-order valence-corrected chi connectivity index (χ2v) is 7.18. The first-order valence-electron chi connectivity index (χ1n) is 6.34. The minimum Gasteiger partial charge on any atom is -0.395 e. The average molecular weight is 313 g/mol. The van der Waals surface area contributed by atoms with Gasteiger partial charge in [0, 0.05) is 35.3 Å². The number of thiophene rings is 1. The first kappa shape index (κ1) is 16.9. The minimum atomic E-state index is -0.858. The normalized spacial score (nSPS) is 13.2. The summed E-state index contributed by atoms with van der Waals surface area (Å²) >= 11 is 1.33. The average Bonchev–Trinajstić information content (AvgIpc) is 2.87. The number of hydrogen-bond donors (Lipinski definition) is 2. The number of aliphatic hydroxyl groups is 1. The minimum absolute atomic E-state index is 0.0443. The molecule has 2 N–H and O–H groups in total. The SMILES string of the molecule is CC(CCNC(=O)c1ccc(C#CCCO)s1)S(C)=O. The van der Waals surface area contributed by atoms with Crippen molar-refractivity contribution in [3.63, 3.8) is 0 Å². The highest BCUT2D eigenvalue weighted by Gasteiger charge is 2.10. The van der Waals surface area contributed by atoms with Crippen LogP contribution in [-0.4, -0.2) is 39.9 Å². The maximum absolute atomic E-state index is 11.9. The van der Waals surface area contributed by atoms with E-state index in [1.807, 2.05) is 6.92 Å². The lowest BCUT2D eigenvalue weighted by Gasteiger charge is -2.08. The molecule has 0 radical (unpaired) electrons. The standard InChI is InChI=1S/C14H19NO3S2/c1-11(20(2)18)8-9-15-14(17)13-7-6-12(19-13)5-3-4-10-16/h6-7,11,16H,4,8-10H2,1-2H3,(H,15,17). The lowest BCUT2D eigenvalue weighted by molar-refractivity contribution is 0.0957. The molecule has 20 heavy (non-hydrogen) atoms. The number of nitrogens with one attached hydrogen (secondary N) is 1. The summed E-state index contributed by atoms with van der Waals surface area (Å²) in [5.74, 6) is 5.59. The molecule has 1 aromatic rings. The molecule has 1 heterocycles. The summed E-state index contributed by atoms with van der Waals surface area (Å²) in [7, 11) is -0.858. The van der Waals surface area contributed by atoms with Crippen molar-refractivity contribution in [2.75, 3.05) is 19.4 Å². The molecular weight excluding hydrogens is 294 g/mol. The van der Waals surface area contributed by atoms with E-state index in [1.165, 1.54) is 11.3 Å². The zero-order valence-corrected chi connectivity index (χ0v) is 13.3. The predicted molar refractivity (Wildman–Crippen MR) is 83.4 cm³/mol. The van der Waals surface area contributed by atoms with Crippen molar-refractivity contribution in [2.45, 2.75) is 25.0 Å². The van der Waals surface area contributed by atoms with Crippen LogP contribution in [0.4, 0.5) is 0 Å². The van der Waals surface area contributed by atoms with E-state index in [-0.39, 0.29) is 17.8 Å². The third-order valence-corrected chi connectivity index (χ3v) is 5.05. The Kier molecular flexibility index (Phi) is 7.52. The highest BCUT2D eigenvalue weighted by Crippen LogP contribution is 2.15. The Morgan fingerprint density at radius 1 is 1.55 bits per heavy atom. The topological polar surface area (TPSA) is 66.4 Å². The largest absolute Gasteiger partial charge is 0.395 e. The van der Waals surface area contributed by atoms with Crippen LogP contribution < -0.4 is 5.32 Å². The van der Waals surface area contributed by atoms with Crippen LogP contribution in [-0.2, 0) is 10.8 Å². The van der Waals surface area contributed by atoms with Crippen LogP contribution in [0.15, 0.2) is 12.1 Å². The molecule has 2 atom stereocenters. The van der Waals surface area contributed by atoms with Gasteiger partial charge in [-0.1, -0.05) is 18.8 Å².